The lowest BCUT2D eigenvalue weighted by molar-refractivity contribution is 0.263. The summed E-state index contributed by atoms with van der Waals surface area (Å²) >= 11 is 1.89. The van der Waals surface area contributed by atoms with Crippen molar-refractivity contribution in [1.29, 1.82) is 0 Å². The summed E-state index contributed by atoms with van der Waals surface area (Å²) < 4.78 is 0. The van der Waals surface area contributed by atoms with Crippen molar-refractivity contribution < 1.29 is 0 Å². The normalized spacial score (nSPS) is 15.6. The lowest BCUT2D eigenvalue weighted by Gasteiger charge is -2.26. The van der Waals surface area contributed by atoms with E-state index in [4.69, 9.17) is 5.73 Å². The minimum Gasteiger partial charge on any atom is -0.370 e. The first-order valence-corrected chi connectivity index (χ1v) is 7.95. The Bertz CT molecular complexity index is 429. The summed E-state index contributed by atoms with van der Waals surface area (Å²) in [5, 5.41) is 2.20. The molecule has 6 heteroatoms. The van der Waals surface area contributed by atoms with Gasteiger partial charge in [-0.2, -0.15) is 0 Å². The van der Waals surface area contributed by atoms with Crippen LogP contribution in [0.15, 0.2) is 16.4 Å². The third-order valence-electron chi connectivity index (χ3n) is 3.66. The Labute approximate surface area is 143 Å². The third kappa shape index (κ3) is 4.60. The molecule has 1 aromatic heterocycles. The molecule has 114 valence electrons. The first-order valence-electron chi connectivity index (χ1n) is 7.07. The van der Waals surface area contributed by atoms with Crippen LogP contribution in [0.3, 0.4) is 0 Å². The van der Waals surface area contributed by atoms with Crippen LogP contribution in [0.2, 0.25) is 0 Å². The molecule has 0 radical (unpaired) electrons. The van der Waals surface area contributed by atoms with Gasteiger partial charge in [-0.15, -0.1) is 35.3 Å². The fourth-order valence-corrected chi connectivity index (χ4v) is 3.34. The number of nitrogens with zero attached hydrogens (tertiary/aromatic N) is 3. The lowest BCUT2D eigenvalue weighted by Crippen LogP contribution is -2.38. The van der Waals surface area contributed by atoms with Gasteiger partial charge in [0.05, 0.1) is 6.54 Å². The molecule has 4 nitrogen and oxygen atoms in total. The molecule has 20 heavy (non-hydrogen) atoms. The molecule has 0 atom stereocenters. The fraction of sp³-hybridized carbons (Fsp3) is 0.643. The van der Waals surface area contributed by atoms with Crippen LogP contribution in [-0.4, -0.2) is 48.5 Å². The average molecular weight is 408 g/mol. The summed E-state index contributed by atoms with van der Waals surface area (Å²) in [4.78, 5) is 10.6. The molecule has 1 aliphatic rings. The second kappa shape index (κ2) is 8.84. The van der Waals surface area contributed by atoms with E-state index in [9.17, 15) is 0 Å². The minimum absolute atomic E-state index is 0. The van der Waals surface area contributed by atoms with Gasteiger partial charge in [0, 0.05) is 37.6 Å². The molecule has 0 aromatic carbocycles. The number of halogens is 1. The number of aliphatic imine (C=N–C) groups is 1. The number of hydrogen-bond donors (Lipinski definition) is 1. The minimum atomic E-state index is 0. The van der Waals surface area contributed by atoms with Crippen molar-refractivity contribution in [2.45, 2.75) is 26.8 Å². The van der Waals surface area contributed by atoms with Crippen molar-refractivity contribution in [2.75, 3.05) is 32.7 Å². The third-order valence-corrected chi connectivity index (χ3v) is 4.69. The molecule has 2 N–H and O–H groups in total. The maximum atomic E-state index is 5.97. The lowest BCUT2D eigenvalue weighted by atomic mass is 10.1. The average Bonchev–Trinajstić information content (AvgIpc) is 2.87. The van der Waals surface area contributed by atoms with Gasteiger partial charge in [-0.3, -0.25) is 9.89 Å². The Morgan fingerprint density at radius 2 is 2.20 bits per heavy atom. The van der Waals surface area contributed by atoms with Gasteiger partial charge < -0.3 is 10.6 Å². The Morgan fingerprint density at radius 1 is 1.45 bits per heavy atom. The van der Waals surface area contributed by atoms with Crippen LogP contribution in [-0.2, 0) is 13.0 Å². The van der Waals surface area contributed by atoms with Crippen molar-refractivity contribution >= 4 is 41.3 Å². The van der Waals surface area contributed by atoms with Gasteiger partial charge >= 0.3 is 0 Å². The zero-order valence-corrected chi connectivity index (χ0v) is 15.5. The fourth-order valence-electron chi connectivity index (χ4n) is 2.45. The van der Waals surface area contributed by atoms with Gasteiger partial charge in [0.15, 0.2) is 5.96 Å². The highest BCUT2D eigenvalue weighted by molar-refractivity contribution is 14.0. The quantitative estimate of drug-likeness (QED) is 0.462. The van der Waals surface area contributed by atoms with Crippen molar-refractivity contribution in [3.05, 3.63) is 21.9 Å². The van der Waals surface area contributed by atoms with Gasteiger partial charge in [0.1, 0.15) is 0 Å². The predicted molar refractivity (Wildman–Crippen MR) is 98.1 cm³/mol. The highest BCUT2D eigenvalue weighted by atomic mass is 127. The largest absolute Gasteiger partial charge is 0.370 e. The Morgan fingerprint density at radius 3 is 2.90 bits per heavy atom. The Kier molecular flexibility index (Phi) is 7.83. The van der Waals surface area contributed by atoms with Gasteiger partial charge in [0.2, 0.25) is 0 Å². The highest BCUT2D eigenvalue weighted by Gasteiger charge is 2.16. The van der Waals surface area contributed by atoms with E-state index in [1.54, 1.807) is 4.88 Å². The van der Waals surface area contributed by atoms with E-state index in [-0.39, 0.29) is 24.0 Å². The number of fused-ring (bicyclic) bond motifs is 1. The van der Waals surface area contributed by atoms with Crippen LogP contribution >= 0.6 is 35.3 Å². The zero-order chi connectivity index (χ0) is 13.7. The number of guanidine groups is 1. The summed E-state index contributed by atoms with van der Waals surface area (Å²) in [6, 6.07) is 2.25. The molecule has 0 saturated carbocycles. The zero-order valence-electron chi connectivity index (χ0n) is 12.3. The number of thiophene rings is 1. The first-order chi connectivity index (χ1) is 9.24. The highest BCUT2D eigenvalue weighted by Crippen LogP contribution is 2.23. The molecule has 0 spiro atoms. The molecule has 1 aliphatic heterocycles. The molecular formula is C14H25IN4S. The van der Waals surface area contributed by atoms with Crippen LogP contribution in [0.25, 0.3) is 0 Å². The van der Waals surface area contributed by atoms with Crippen molar-refractivity contribution in [1.82, 2.24) is 9.80 Å². The van der Waals surface area contributed by atoms with Crippen molar-refractivity contribution in [3.8, 4) is 0 Å². The van der Waals surface area contributed by atoms with E-state index < -0.39 is 0 Å². The topological polar surface area (TPSA) is 44.9 Å². The molecule has 0 unspecified atom stereocenters. The van der Waals surface area contributed by atoms with Crippen LogP contribution < -0.4 is 5.73 Å². The molecule has 2 heterocycles. The number of hydrogen-bond acceptors (Lipinski definition) is 3. The predicted octanol–water partition coefficient (Wildman–Crippen LogP) is 2.38. The van der Waals surface area contributed by atoms with Crippen molar-refractivity contribution in [3.63, 3.8) is 0 Å². The van der Waals surface area contributed by atoms with E-state index in [2.05, 4.69) is 40.1 Å². The Balaban J connectivity index is 0.00000200. The van der Waals surface area contributed by atoms with E-state index >= 15 is 0 Å². The molecule has 0 saturated heterocycles. The monoisotopic (exact) mass is 408 g/mol. The van der Waals surface area contributed by atoms with Crippen molar-refractivity contribution in [2.24, 2.45) is 10.7 Å². The maximum Gasteiger partial charge on any atom is 0.191 e. The van der Waals surface area contributed by atoms with Gasteiger partial charge in [-0.05, 0) is 37.3 Å². The Hall–Kier alpha value is -0.340. The van der Waals surface area contributed by atoms with E-state index in [1.807, 2.05) is 11.3 Å². The SMILES string of the molecule is CCN(CC)C(N)=NCCN1CCc2sccc2C1.I. The number of rotatable bonds is 5. The standard InChI is InChI=1S/C14H24N4S.HI/c1-3-18(4-2)14(15)16-7-9-17-8-5-13-12(11-17)6-10-19-13;/h6,10H,3-5,7-9,11H2,1-2H3,(H2,15,16);1H. The van der Waals surface area contributed by atoms with Gasteiger partial charge in [0.25, 0.3) is 0 Å². The van der Waals surface area contributed by atoms with Crippen LogP contribution in [0.4, 0.5) is 0 Å². The molecule has 1 aromatic rings. The molecule has 0 bridgehead atoms. The molecule has 2 rings (SSSR count). The van der Waals surface area contributed by atoms with Gasteiger partial charge in [-0.1, -0.05) is 0 Å². The van der Waals surface area contributed by atoms with Crippen LogP contribution in [0.1, 0.15) is 24.3 Å². The molecular weight excluding hydrogens is 383 g/mol. The smallest absolute Gasteiger partial charge is 0.191 e. The first kappa shape index (κ1) is 17.7. The summed E-state index contributed by atoms with van der Waals surface area (Å²) in [5.41, 5.74) is 7.47. The summed E-state index contributed by atoms with van der Waals surface area (Å²) in [7, 11) is 0. The van der Waals surface area contributed by atoms with E-state index in [1.165, 1.54) is 12.0 Å². The van der Waals surface area contributed by atoms with Crippen LogP contribution in [0, 0.1) is 0 Å². The summed E-state index contributed by atoms with van der Waals surface area (Å²) in [5.74, 6) is 0.679. The number of nitrogens with two attached hydrogens (primary N) is 1. The summed E-state index contributed by atoms with van der Waals surface area (Å²) in [6.07, 6.45) is 1.18. The van der Waals surface area contributed by atoms with Crippen LogP contribution in [0.5, 0.6) is 0 Å². The van der Waals surface area contributed by atoms with E-state index in [0.717, 1.165) is 39.3 Å². The van der Waals surface area contributed by atoms with Gasteiger partial charge in [-0.25, -0.2) is 0 Å². The molecule has 0 aliphatic carbocycles. The second-order valence-corrected chi connectivity index (χ2v) is 5.81. The summed E-state index contributed by atoms with van der Waals surface area (Å²) in [6.45, 7) is 10.1. The maximum absolute atomic E-state index is 5.97. The van der Waals surface area contributed by atoms with E-state index in [0.29, 0.717) is 5.96 Å². The second-order valence-electron chi connectivity index (χ2n) is 4.81. The molecule has 0 amide bonds. The molecule has 0 fully saturated rings.